The second kappa shape index (κ2) is 5.04. The molecule has 1 unspecified atom stereocenters. The molecule has 1 aliphatic heterocycles. The van der Waals surface area contributed by atoms with Gasteiger partial charge in [-0.3, -0.25) is 4.98 Å². The van der Waals surface area contributed by atoms with Crippen LogP contribution in [0.25, 0.3) is 10.9 Å². The van der Waals surface area contributed by atoms with Crippen LogP contribution in [0.1, 0.15) is 23.7 Å². The molecule has 3 rings (SSSR count). The van der Waals surface area contributed by atoms with Gasteiger partial charge < -0.3 is 10.1 Å². The number of nitrogens with one attached hydrogen (secondary N) is 1. The van der Waals surface area contributed by atoms with Gasteiger partial charge in [-0.1, -0.05) is 11.6 Å². The third-order valence-electron chi connectivity index (χ3n) is 3.38. The maximum absolute atomic E-state index is 5.87. The van der Waals surface area contributed by atoms with E-state index in [9.17, 15) is 0 Å². The number of nitrogens with zero attached hydrogens (tertiary/aromatic N) is 1. The molecule has 18 heavy (non-hydrogen) atoms. The first kappa shape index (κ1) is 11.6. The fraction of sp³-hybridized carbons (Fsp3) is 0.400. The number of aromatic nitrogens is 1. The van der Waals surface area contributed by atoms with Crippen molar-refractivity contribution in [2.24, 2.45) is 0 Å². The smallest absolute Gasteiger partial charge is 0.0964 e. The highest BCUT2D eigenvalue weighted by Gasteiger charge is 2.15. The number of aryl methyl sites for hydroxylation is 1. The molecule has 3 heteroatoms. The lowest BCUT2D eigenvalue weighted by molar-refractivity contribution is 0.0668. The van der Waals surface area contributed by atoms with E-state index in [2.05, 4.69) is 41.5 Å². The molecular weight excluding hydrogens is 224 g/mol. The molecule has 2 aromatic rings. The minimum Gasteiger partial charge on any atom is -0.372 e. The van der Waals surface area contributed by atoms with Gasteiger partial charge in [0.2, 0.25) is 0 Å². The summed E-state index contributed by atoms with van der Waals surface area (Å²) in [7, 11) is 0. The van der Waals surface area contributed by atoms with Crippen LogP contribution in [0.5, 0.6) is 0 Å². The zero-order valence-corrected chi connectivity index (χ0v) is 10.6. The van der Waals surface area contributed by atoms with Gasteiger partial charge >= 0.3 is 0 Å². The molecule has 94 valence electrons. The molecule has 0 saturated carbocycles. The van der Waals surface area contributed by atoms with Crippen LogP contribution < -0.4 is 5.32 Å². The third kappa shape index (κ3) is 2.37. The van der Waals surface area contributed by atoms with Crippen LogP contribution in [0.15, 0.2) is 30.5 Å². The number of fused-ring (bicyclic) bond motifs is 1. The summed E-state index contributed by atoms with van der Waals surface area (Å²) >= 11 is 0. The van der Waals surface area contributed by atoms with Crippen molar-refractivity contribution in [3.63, 3.8) is 0 Å². The molecule has 3 nitrogen and oxygen atoms in total. The van der Waals surface area contributed by atoms with E-state index in [0.717, 1.165) is 31.6 Å². The van der Waals surface area contributed by atoms with E-state index in [4.69, 9.17) is 4.74 Å². The molecule has 0 radical (unpaired) electrons. The number of benzene rings is 1. The van der Waals surface area contributed by atoms with Gasteiger partial charge in [-0.25, -0.2) is 0 Å². The van der Waals surface area contributed by atoms with Crippen LogP contribution in [0, 0.1) is 6.92 Å². The minimum atomic E-state index is 0.130. The first-order chi connectivity index (χ1) is 8.83. The van der Waals surface area contributed by atoms with E-state index in [1.165, 1.54) is 16.5 Å². The Hall–Kier alpha value is -1.45. The lowest BCUT2D eigenvalue weighted by atomic mass is 10.1. The minimum absolute atomic E-state index is 0.130. The van der Waals surface area contributed by atoms with Crippen molar-refractivity contribution >= 4 is 10.9 Å². The molecule has 1 aromatic carbocycles. The second-order valence-corrected chi connectivity index (χ2v) is 4.88. The molecule has 2 heterocycles. The lowest BCUT2D eigenvalue weighted by Gasteiger charge is -2.15. The van der Waals surface area contributed by atoms with Crippen molar-refractivity contribution in [3.8, 4) is 0 Å². The molecule has 1 N–H and O–H groups in total. The zero-order valence-electron chi connectivity index (χ0n) is 10.6. The predicted octanol–water partition coefficient (Wildman–Crippen LogP) is 2.59. The number of rotatable bonds is 1. The maximum atomic E-state index is 5.87. The second-order valence-electron chi connectivity index (χ2n) is 4.88. The summed E-state index contributed by atoms with van der Waals surface area (Å²) in [4.78, 5) is 4.52. The largest absolute Gasteiger partial charge is 0.372 e. The summed E-state index contributed by atoms with van der Waals surface area (Å²) in [5.41, 5.74) is 3.48. The van der Waals surface area contributed by atoms with Gasteiger partial charge in [-0.05, 0) is 38.1 Å². The van der Waals surface area contributed by atoms with Crippen LogP contribution in [0.4, 0.5) is 0 Å². The van der Waals surface area contributed by atoms with Crippen molar-refractivity contribution in [1.29, 1.82) is 0 Å². The Balaban J connectivity index is 1.96. The van der Waals surface area contributed by atoms with Gasteiger partial charge in [-0.2, -0.15) is 0 Å². The molecule has 1 saturated heterocycles. The van der Waals surface area contributed by atoms with Crippen molar-refractivity contribution < 1.29 is 4.74 Å². The van der Waals surface area contributed by atoms with Gasteiger partial charge in [0.1, 0.15) is 0 Å². The van der Waals surface area contributed by atoms with Crippen LogP contribution in [0.3, 0.4) is 0 Å². The zero-order chi connectivity index (χ0) is 12.4. The fourth-order valence-corrected chi connectivity index (χ4v) is 2.37. The summed E-state index contributed by atoms with van der Waals surface area (Å²) in [6, 6.07) is 8.54. The topological polar surface area (TPSA) is 34.2 Å². The predicted molar refractivity (Wildman–Crippen MR) is 72.7 cm³/mol. The van der Waals surface area contributed by atoms with E-state index in [1.54, 1.807) is 0 Å². The molecule has 1 atom stereocenters. The van der Waals surface area contributed by atoms with Crippen molar-refractivity contribution in [2.75, 3.05) is 19.7 Å². The Labute approximate surface area is 107 Å². The van der Waals surface area contributed by atoms with Crippen molar-refractivity contribution in [3.05, 3.63) is 41.6 Å². The van der Waals surface area contributed by atoms with Gasteiger partial charge in [0.05, 0.1) is 11.6 Å². The normalized spacial score (nSPS) is 20.8. The Kier molecular flexibility index (Phi) is 3.26. The van der Waals surface area contributed by atoms with E-state index in [-0.39, 0.29) is 6.10 Å². The standard InChI is InChI=1S/C15H18N2O/c1-11-3-4-14-12(7-11)8-13(9-17-14)15-10-16-5-2-6-18-15/h3-4,7-9,15-16H,2,5-6,10H2,1H3. The van der Waals surface area contributed by atoms with E-state index < -0.39 is 0 Å². The monoisotopic (exact) mass is 242 g/mol. The summed E-state index contributed by atoms with van der Waals surface area (Å²) in [5.74, 6) is 0. The quantitative estimate of drug-likeness (QED) is 0.834. The first-order valence-electron chi connectivity index (χ1n) is 6.51. The number of hydrogen-bond donors (Lipinski definition) is 1. The van der Waals surface area contributed by atoms with E-state index in [1.807, 2.05) is 6.20 Å². The molecule has 0 spiro atoms. The van der Waals surface area contributed by atoms with Gasteiger partial charge in [0, 0.05) is 30.3 Å². The molecule has 0 bridgehead atoms. The first-order valence-corrected chi connectivity index (χ1v) is 6.51. The molecule has 0 amide bonds. The number of hydrogen-bond acceptors (Lipinski definition) is 3. The molecule has 1 aromatic heterocycles. The van der Waals surface area contributed by atoms with Crippen LogP contribution in [-0.2, 0) is 4.74 Å². The Bertz CT molecular complexity index is 545. The van der Waals surface area contributed by atoms with E-state index >= 15 is 0 Å². The number of ether oxygens (including phenoxy) is 1. The summed E-state index contributed by atoms with van der Waals surface area (Å²) in [6.07, 6.45) is 3.15. The van der Waals surface area contributed by atoms with Gasteiger partial charge in [0.15, 0.2) is 0 Å². The van der Waals surface area contributed by atoms with Crippen LogP contribution in [0.2, 0.25) is 0 Å². The number of pyridine rings is 1. The third-order valence-corrected chi connectivity index (χ3v) is 3.38. The maximum Gasteiger partial charge on any atom is 0.0964 e. The Morgan fingerprint density at radius 1 is 1.33 bits per heavy atom. The lowest BCUT2D eigenvalue weighted by Crippen LogP contribution is -2.20. The highest BCUT2D eigenvalue weighted by molar-refractivity contribution is 5.79. The van der Waals surface area contributed by atoms with Crippen molar-refractivity contribution in [1.82, 2.24) is 10.3 Å². The van der Waals surface area contributed by atoms with Gasteiger partial charge in [0.25, 0.3) is 0 Å². The highest BCUT2D eigenvalue weighted by Crippen LogP contribution is 2.22. The van der Waals surface area contributed by atoms with Crippen LogP contribution >= 0.6 is 0 Å². The molecular formula is C15H18N2O. The summed E-state index contributed by atoms with van der Waals surface area (Å²) < 4.78 is 5.87. The summed E-state index contributed by atoms with van der Waals surface area (Å²) in [6.45, 7) is 4.84. The molecule has 0 aliphatic carbocycles. The molecule has 1 fully saturated rings. The Morgan fingerprint density at radius 2 is 2.28 bits per heavy atom. The van der Waals surface area contributed by atoms with E-state index in [0.29, 0.717) is 0 Å². The average Bonchev–Trinajstić information content (AvgIpc) is 2.66. The fourth-order valence-electron chi connectivity index (χ4n) is 2.37. The Morgan fingerprint density at radius 3 is 3.22 bits per heavy atom. The highest BCUT2D eigenvalue weighted by atomic mass is 16.5. The van der Waals surface area contributed by atoms with Crippen LogP contribution in [-0.4, -0.2) is 24.7 Å². The average molecular weight is 242 g/mol. The van der Waals surface area contributed by atoms with Crippen molar-refractivity contribution in [2.45, 2.75) is 19.4 Å². The summed E-state index contributed by atoms with van der Waals surface area (Å²) in [5, 5.41) is 4.60. The SMILES string of the molecule is Cc1ccc2ncc(C3CNCCCO3)cc2c1. The molecule has 1 aliphatic rings. The van der Waals surface area contributed by atoms with Gasteiger partial charge in [-0.15, -0.1) is 0 Å².